The van der Waals surface area contributed by atoms with Gasteiger partial charge in [0.15, 0.2) is 5.11 Å². The Balaban J connectivity index is 1.68. The number of hydrogen-bond donors (Lipinski definition) is 1. The number of hydrogen-bond acceptors (Lipinski definition) is 4. The second-order valence-electron chi connectivity index (χ2n) is 7.88. The van der Waals surface area contributed by atoms with E-state index in [-0.39, 0.29) is 23.3 Å². The minimum Gasteiger partial charge on any atom is -0.496 e. The summed E-state index contributed by atoms with van der Waals surface area (Å²) in [6, 6.07) is 12.1. The van der Waals surface area contributed by atoms with Gasteiger partial charge in [-0.25, -0.2) is 17.6 Å². The number of thiocarbonyl (C=S) groups is 1. The quantitative estimate of drug-likeness (QED) is 0.226. The van der Waals surface area contributed by atoms with Crippen LogP contribution in [-0.2, 0) is 11.3 Å². The zero-order valence-electron chi connectivity index (χ0n) is 18.9. The van der Waals surface area contributed by atoms with Gasteiger partial charge >= 0.3 is 0 Å². The molecule has 0 atom stereocenters. The molecular formula is C24H19ClF4N4O2S. The fourth-order valence-electron chi connectivity index (χ4n) is 3.82. The number of carbonyl (C=O) groups is 1. The maximum absolute atomic E-state index is 13.6. The maximum Gasteiger partial charge on any atom is 0.283 e. The number of aryl methyl sites for hydroxylation is 1. The van der Waals surface area contributed by atoms with Gasteiger partial charge in [-0.2, -0.15) is 5.10 Å². The van der Waals surface area contributed by atoms with Crippen LogP contribution in [0.5, 0.6) is 5.75 Å². The number of nitrogens with one attached hydrogen (secondary N) is 1. The Bertz CT molecular complexity index is 1380. The van der Waals surface area contributed by atoms with Crippen LogP contribution in [0.1, 0.15) is 40.9 Å². The van der Waals surface area contributed by atoms with Crippen molar-refractivity contribution in [1.29, 1.82) is 0 Å². The number of rotatable bonds is 7. The van der Waals surface area contributed by atoms with Crippen LogP contribution in [0, 0.1) is 6.92 Å². The highest BCUT2D eigenvalue weighted by Crippen LogP contribution is 2.36. The summed E-state index contributed by atoms with van der Waals surface area (Å²) in [5.74, 6) is -0.0615. The molecular weight excluding hydrogens is 520 g/mol. The van der Waals surface area contributed by atoms with Crippen molar-refractivity contribution in [1.82, 2.24) is 15.1 Å². The maximum atomic E-state index is 13.6. The van der Waals surface area contributed by atoms with E-state index in [2.05, 4.69) is 10.4 Å². The van der Waals surface area contributed by atoms with Crippen LogP contribution in [0.4, 0.5) is 23.2 Å². The van der Waals surface area contributed by atoms with E-state index in [0.717, 1.165) is 10.2 Å². The van der Waals surface area contributed by atoms with E-state index >= 15 is 0 Å². The standard InChI is InChI=1S/C24H19ClF4N4O2S/c1-12-4-3-5-15(8-12)33-23(34)16(30-24(33)36)10-13-6-7-17(35-2)14(9-13)11-32-20(22(28)29)18(25)19(31-32)21(26)27/h3-10,21-22H,11H2,1-2H3,(H,30,36)/b16-10+. The third-order valence-corrected chi connectivity index (χ3v) is 6.12. The zero-order valence-corrected chi connectivity index (χ0v) is 20.5. The molecule has 2 aromatic carbocycles. The lowest BCUT2D eigenvalue weighted by atomic mass is 10.1. The third-order valence-electron chi connectivity index (χ3n) is 5.44. The van der Waals surface area contributed by atoms with Crippen LogP contribution < -0.4 is 15.0 Å². The first kappa shape index (κ1) is 25.6. The first-order chi connectivity index (χ1) is 17.1. The van der Waals surface area contributed by atoms with Crippen molar-refractivity contribution in [3.8, 4) is 5.75 Å². The van der Waals surface area contributed by atoms with E-state index in [4.69, 9.17) is 28.6 Å². The molecule has 1 aliphatic rings. The molecule has 12 heteroatoms. The summed E-state index contributed by atoms with van der Waals surface area (Å²) < 4.78 is 59.6. The smallest absolute Gasteiger partial charge is 0.283 e. The molecule has 36 heavy (non-hydrogen) atoms. The first-order valence-corrected chi connectivity index (χ1v) is 11.3. The van der Waals surface area contributed by atoms with E-state index in [1.165, 1.54) is 12.0 Å². The van der Waals surface area contributed by atoms with E-state index in [1.807, 2.05) is 25.1 Å². The third kappa shape index (κ3) is 4.93. The number of ether oxygens (including phenoxy) is 1. The highest BCUT2D eigenvalue weighted by Gasteiger charge is 2.32. The molecule has 1 aromatic heterocycles. The summed E-state index contributed by atoms with van der Waals surface area (Å²) >= 11 is 11.1. The van der Waals surface area contributed by atoms with Gasteiger partial charge < -0.3 is 10.1 Å². The summed E-state index contributed by atoms with van der Waals surface area (Å²) in [7, 11) is 1.38. The summed E-state index contributed by atoms with van der Waals surface area (Å²) in [4.78, 5) is 14.4. The molecule has 4 rings (SSSR count). The molecule has 0 unspecified atom stereocenters. The molecule has 1 saturated heterocycles. The molecule has 1 amide bonds. The summed E-state index contributed by atoms with van der Waals surface area (Å²) in [6.07, 6.45) is -4.70. The molecule has 2 heterocycles. The normalized spacial score (nSPS) is 14.9. The Morgan fingerprint density at radius 2 is 1.92 bits per heavy atom. The molecule has 1 aliphatic heterocycles. The van der Waals surface area contributed by atoms with Crippen molar-refractivity contribution in [3.05, 3.63) is 81.3 Å². The molecule has 0 saturated carbocycles. The van der Waals surface area contributed by atoms with Crippen LogP contribution in [0.25, 0.3) is 6.08 Å². The van der Waals surface area contributed by atoms with Crippen LogP contribution in [0.3, 0.4) is 0 Å². The van der Waals surface area contributed by atoms with Crippen LogP contribution in [-0.4, -0.2) is 27.9 Å². The van der Waals surface area contributed by atoms with Gasteiger partial charge in [-0.1, -0.05) is 29.8 Å². The number of benzene rings is 2. The monoisotopic (exact) mass is 538 g/mol. The summed E-state index contributed by atoms with van der Waals surface area (Å²) in [5.41, 5.74) is 0.907. The zero-order chi connectivity index (χ0) is 26.1. The fourth-order valence-corrected chi connectivity index (χ4v) is 4.42. The van der Waals surface area contributed by atoms with Crippen molar-refractivity contribution in [3.63, 3.8) is 0 Å². The number of alkyl halides is 4. The second kappa shape index (κ2) is 10.3. The lowest BCUT2D eigenvalue weighted by molar-refractivity contribution is -0.113. The summed E-state index contributed by atoms with van der Waals surface area (Å²) in [6.45, 7) is 1.58. The van der Waals surface area contributed by atoms with Crippen LogP contribution in [0.2, 0.25) is 5.02 Å². The lowest BCUT2D eigenvalue weighted by Gasteiger charge is -2.14. The van der Waals surface area contributed by atoms with Gasteiger partial charge in [0.25, 0.3) is 18.8 Å². The largest absolute Gasteiger partial charge is 0.496 e. The van der Waals surface area contributed by atoms with Crippen LogP contribution in [0.15, 0.2) is 48.2 Å². The average Bonchev–Trinajstić information content (AvgIpc) is 3.29. The van der Waals surface area contributed by atoms with Gasteiger partial charge in [-0.3, -0.25) is 14.4 Å². The number of amides is 1. The molecule has 188 valence electrons. The molecule has 0 bridgehead atoms. The highest BCUT2D eigenvalue weighted by atomic mass is 35.5. The van der Waals surface area contributed by atoms with Crippen molar-refractivity contribution in [2.75, 3.05) is 12.0 Å². The predicted molar refractivity (Wildman–Crippen MR) is 132 cm³/mol. The van der Waals surface area contributed by atoms with Gasteiger partial charge in [-0.05, 0) is 60.6 Å². The Kier molecular flexibility index (Phi) is 7.32. The molecule has 3 aromatic rings. The number of methoxy groups -OCH3 is 1. The van der Waals surface area contributed by atoms with E-state index in [1.54, 1.807) is 30.3 Å². The molecule has 0 aliphatic carbocycles. The van der Waals surface area contributed by atoms with Gasteiger partial charge in [0.2, 0.25) is 0 Å². The minimum absolute atomic E-state index is 0.202. The summed E-state index contributed by atoms with van der Waals surface area (Å²) in [5, 5.41) is 5.92. The van der Waals surface area contributed by atoms with E-state index in [0.29, 0.717) is 22.6 Å². The predicted octanol–water partition coefficient (Wildman–Crippen LogP) is 6.04. The van der Waals surface area contributed by atoms with Crippen molar-refractivity contribution in [2.24, 2.45) is 0 Å². The minimum atomic E-state index is -3.12. The Hall–Kier alpha value is -3.44. The van der Waals surface area contributed by atoms with Crippen molar-refractivity contribution < 1.29 is 27.1 Å². The molecule has 1 fully saturated rings. The Morgan fingerprint density at radius 1 is 1.17 bits per heavy atom. The first-order valence-electron chi connectivity index (χ1n) is 10.5. The fraction of sp³-hybridized carbons (Fsp3) is 0.208. The number of aromatic nitrogens is 2. The number of halogens is 5. The molecule has 1 N–H and O–H groups in total. The molecule has 6 nitrogen and oxygen atoms in total. The number of carbonyl (C=O) groups excluding carboxylic acids is 1. The number of nitrogens with zero attached hydrogens (tertiary/aromatic N) is 3. The van der Waals surface area contributed by atoms with Gasteiger partial charge in [0.05, 0.1) is 24.4 Å². The lowest BCUT2D eigenvalue weighted by Crippen LogP contribution is -2.30. The average molecular weight is 539 g/mol. The van der Waals surface area contributed by atoms with Crippen molar-refractivity contribution in [2.45, 2.75) is 26.3 Å². The van der Waals surface area contributed by atoms with E-state index < -0.39 is 29.3 Å². The van der Waals surface area contributed by atoms with Crippen molar-refractivity contribution >= 4 is 46.6 Å². The molecule has 0 spiro atoms. The SMILES string of the molecule is COc1ccc(/C=C2/NC(=S)N(c3cccc(C)c3)C2=O)cc1Cn1nc(C(F)F)c(Cl)c1C(F)F. The molecule has 0 radical (unpaired) electrons. The Labute approximate surface area is 214 Å². The van der Waals surface area contributed by atoms with E-state index in [9.17, 15) is 22.4 Å². The van der Waals surface area contributed by atoms with Gasteiger partial charge in [0, 0.05) is 5.56 Å². The second-order valence-corrected chi connectivity index (χ2v) is 8.65. The highest BCUT2D eigenvalue weighted by molar-refractivity contribution is 7.80. The van der Waals surface area contributed by atoms with Crippen LogP contribution >= 0.6 is 23.8 Å². The topological polar surface area (TPSA) is 59.4 Å². The van der Waals surface area contributed by atoms with Gasteiger partial charge in [0.1, 0.15) is 22.8 Å². The number of anilines is 1. The van der Waals surface area contributed by atoms with Gasteiger partial charge in [-0.15, -0.1) is 0 Å². The Morgan fingerprint density at radius 3 is 2.56 bits per heavy atom.